The molecule has 13 heavy (non-hydrogen) atoms. The first kappa shape index (κ1) is 8.82. The fourth-order valence-corrected chi connectivity index (χ4v) is 2.81. The van der Waals surface area contributed by atoms with Crippen molar-refractivity contribution in [1.82, 2.24) is 0 Å². The monoisotopic (exact) mass is 192 g/mol. The molecule has 2 atom stereocenters. The predicted octanol–water partition coefficient (Wildman–Crippen LogP) is 2.71. The maximum atomic E-state index is 10.7. The molecule has 0 aromatic heterocycles. The van der Waals surface area contributed by atoms with Crippen LogP contribution in [0.15, 0.2) is 34.8 Å². The molecule has 0 radical (unpaired) electrons. The largest absolute Gasteiger partial charge is 0.298 e. The number of allylic oxidation sites excluding steroid dienone is 4. The standard InChI is InChI=1S/C11H12OS/c1-8-5-11-9(3-2-4-13-11)6-10(8)7-12/h2-4,6-8,11H,5H2,1H3. The molecule has 1 aliphatic heterocycles. The lowest BCUT2D eigenvalue weighted by atomic mass is 9.86. The Bertz CT molecular complexity index is 312. The van der Waals surface area contributed by atoms with Crippen molar-refractivity contribution in [3.05, 3.63) is 34.8 Å². The number of hydrogen-bond donors (Lipinski definition) is 0. The first-order valence-electron chi connectivity index (χ1n) is 4.50. The molecule has 1 heterocycles. The molecule has 2 aliphatic rings. The summed E-state index contributed by atoms with van der Waals surface area (Å²) in [6.45, 7) is 2.12. The van der Waals surface area contributed by atoms with Crippen molar-refractivity contribution >= 4 is 18.0 Å². The lowest BCUT2D eigenvalue weighted by Crippen LogP contribution is -2.19. The van der Waals surface area contributed by atoms with Gasteiger partial charge in [-0.2, -0.15) is 0 Å². The second kappa shape index (κ2) is 3.54. The summed E-state index contributed by atoms with van der Waals surface area (Å²) in [6, 6.07) is 0. The quantitative estimate of drug-likeness (QED) is 0.594. The molecule has 0 fully saturated rings. The van der Waals surface area contributed by atoms with Crippen molar-refractivity contribution in [3.63, 3.8) is 0 Å². The van der Waals surface area contributed by atoms with Gasteiger partial charge >= 0.3 is 0 Å². The number of fused-ring (bicyclic) bond motifs is 1. The Morgan fingerprint density at radius 2 is 2.46 bits per heavy atom. The Kier molecular flexibility index (Phi) is 2.40. The summed E-state index contributed by atoms with van der Waals surface area (Å²) in [4.78, 5) is 10.7. The van der Waals surface area contributed by atoms with Crippen LogP contribution >= 0.6 is 11.8 Å². The minimum absolute atomic E-state index is 0.415. The molecule has 68 valence electrons. The maximum absolute atomic E-state index is 10.7. The molecule has 0 saturated carbocycles. The van der Waals surface area contributed by atoms with E-state index in [4.69, 9.17) is 0 Å². The van der Waals surface area contributed by atoms with E-state index in [1.54, 1.807) is 0 Å². The fraction of sp³-hybridized carbons (Fsp3) is 0.364. The van der Waals surface area contributed by atoms with E-state index < -0.39 is 0 Å². The van der Waals surface area contributed by atoms with Crippen LogP contribution in [0.25, 0.3) is 0 Å². The molecule has 0 N–H and O–H groups in total. The molecular weight excluding hydrogens is 180 g/mol. The number of hydrogen-bond acceptors (Lipinski definition) is 2. The van der Waals surface area contributed by atoms with Crippen molar-refractivity contribution < 1.29 is 4.79 Å². The lowest BCUT2D eigenvalue weighted by molar-refractivity contribution is -0.105. The zero-order chi connectivity index (χ0) is 9.26. The smallest absolute Gasteiger partial charge is 0.146 e. The molecule has 2 rings (SSSR count). The van der Waals surface area contributed by atoms with Crippen LogP contribution in [0.5, 0.6) is 0 Å². The number of aldehydes is 1. The molecule has 0 saturated heterocycles. The second-order valence-corrected chi connectivity index (χ2v) is 4.63. The van der Waals surface area contributed by atoms with Gasteiger partial charge in [0.1, 0.15) is 6.29 Å². The van der Waals surface area contributed by atoms with E-state index in [0.717, 1.165) is 18.3 Å². The Morgan fingerprint density at radius 1 is 1.62 bits per heavy atom. The molecule has 0 amide bonds. The van der Waals surface area contributed by atoms with Gasteiger partial charge in [0.05, 0.1) is 0 Å². The van der Waals surface area contributed by atoms with Gasteiger partial charge in [-0.05, 0) is 28.9 Å². The van der Waals surface area contributed by atoms with E-state index in [9.17, 15) is 4.79 Å². The van der Waals surface area contributed by atoms with E-state index in [0.29, 0.717) is 11.2 Å². The summed E-state index contributed by atoms with van der Waals surface area (Å²) >= 11 is 1.85. The predicted molar refractivity (Wildman–Crippen MR) is 56.5 cm³/mol. The van der Waals surface area contributed by atoms with Crippen LogP contribution in [0.3, 0.4) is 0 Å². The fourth-order valence-electron chi connectivity index (χ4n) is 1.75. The summed E-state index contributed by atoms with van der Waals surface area (Å²) in [5, 5.41) is 2.70. The summed E-state index contributed by atoms with van der Waals surface area (Å²) in [6.07, 6.45) is 8.28. The van der Waals surface area contributed by atoms with E-state index in [-0.39, 0.29) is 0 Å². The minimum Gasteiger partial charge on any atom is -0.298 e. The van der Waals surface area contributed by atoms with Crippen LogP contribution in [-0.4, -0.2) is 11.5 Å². The van der Waals surface area contributed by atoms with E-state index in [2.05, 4.69) is 18.4 Å². The highest BCUT2D eigenvalue weighted by molar-refractivity contribution is 8.03. The molecule has 0 spiro atoms. The normalized spacial score (nSPS) is 31.8. The molecule has 2 heteroatoms. The highest BCUT2D eigenvalue weighted by Crippen LogP contribution is 2.37. The van der Waals surface area contributed by atoms with Crippen molar-refractivity contribution in [2.75, 3.05) is 0 Å². The minimum atomic E-state index is 0.415. The first-order valence-corrected chi connectivity index (χ1v) is 5.44. The number of thioether (sulfide) groups is 1. The molecule has 1 nitrogen and oxygen atoms in total. The number of carbonyl (C=O) groups is 1. The van der Waals surface area contributed by atoms with Gasteiger partial charge in [-0.25, -0.2) is 0 Å². The van der Waals surface area contributed by atoms with Crippen molar-refractivity contribution in [1.29, 1.82) is 0 Å². The topological polar surface area (TPSA) is 17.1 Å². The SMILES string of the molecule is CC1CC2SC=CC=C2C=C1C=O. The van der Waals surface area contributed by atoms with Gasteiger partial charge in [-0.1, -0.05) is 25.2 Å². The molecular formula is C11H12OS. The average molecular weight is 192 g/mol. The van der Waals surface area contributed by atoms with E-state index in [1.165, 1.54) is 5.57 Å². The maximum Gasteiger partial charge on any atom is 0.146 e. The van der Waals surface area contributed by atoms with Crippen LogP contribution in [0.4, 0.5) is 0 Å². The average Bonchev–Trinajstić information content (AvgIpc) is 2.17. The third-order valence-corrected chi connectivity index (χ3v) is 3.70. The van der Waals surface area contributed by atoms with Crippen LogP contribution in [0, 0.1) is 5.92 Å². The zero-order valence-electron chi connectivity index (χ0n) is 7.57. The third kappa shape index (κ3) is 1.63. The van der Waals surface area contributed by atoms with Crippen LogP contribution in [0.2, 0.25) is 0 Å². The summed E-state index contributed by atoms with van der Waals surface area (Å²) in [7, 11) is 0. The molecule has 2 unspecified atom stereocenters. The molecule has 1 aliphatic carbocycles. The Labute approximate surface area is 82.6 Å². The lowest BCUT2D eigenvalue weighted by Gasteiger charge is -2.27. The summed E-state index contributed by atoms with van der Waals surface area (Å²) in [5.41, 5.74) is 2.24. The molecule has 0 bridgehead atoms. The van der Waals surface area contributed by atoms with Crippen LogP contribution in [0.1, 0.15) is 13.3 Å². The summed E-state index contributed by atoms with van der Waals surface area (Å²) in [5.74, 6) is 0.415. The molecule has 0 aromatic rings. The van der Waals surface area contributed by atoms with Gasteiger partial charge in [0.2, 0.25) is 0 Å². The third-order valence-electron chi connectivity index (χ3n) is 2.59. The van der Waals surface area contributed by atoms with Crippen LogP contribution < -0.4 is 0 Å². The van der Waals surface area contributed by atoms with Crippen molar-refractivity contribution in [2.24, 2.45) is 5.92 Å². The highest BCUT2D eigenvalue weighted by Gasteiger charge is 2.24. The summed E-state index contributed by atoms with van der Waals surface area (Å²) < 4.78 is 0. The number of carbonyl (C=O) groups excluding carboxylic acids is 1. The van der Waals surface area contributed by atoms with Gasteiger partial charge in [-0.15, -0.1) is 11.8 Å². The second-order valence-electron chi connectivity index (χ2n) is 3.52. The number of rotatable bonds is 1. The Balaban J connectivity index is 2.33. The van der Waals surface area contributed by atoms with Gasteiger partial charge in [-0.3, -0.25) is 4.79 Å². The van der Waals surface area contributed by atoms with E-state index >= 15 is 0 Å². The molecule has 0 aromatic carbocycles. The van der Waals surface area contributed by atoms with Crippen molar-refractivity contribution in [3.8, 4) is 0 Å². The van der Waals surface area contributed by atoms with Crippen molar-refractivity contribution in [2.45, 2.75) is 18.6 Å². The van der Waals surface area contributed by atoms with Gasteiger partial charge in [0.25, 0.3) is 0 Å². The van der Waals surface area contributed by atoms with E-state index in [1.807, 2.05) is 23.9 Å². The van der Waals surface area contributed by atoms with Gasteiger partial charge in [0, 0.05) is 5.25 Å². The van der Waals surface area contributed by atoms with Gasteiger partial charge in [0.15, 0.2) is 0 Å². The highest BCUT2D eigenvalue weighted by atomic mass is 32.2. The Hall–Kier alpha value is -0.760. The van der Waals surface area contributed by atoms with Crippen LogP contribution in [-0.2, 0) is 4.79 Å². The zero-order valence-corrected chi connectivity index (χ0v) is 8.38. The Morgan fingerprint density at radius 3 is 3.23 bits per heavy atom. The van der Waals surface area contributed by atoms with Gasteiger partial charge < -0.3 is 0 Å². The first-order chi connectivity index (χ1) is 6.31.